The largest absolute Gasteiger partial charge is 0.457 e. The third-order valence-electron chi connectivity index (χ3n) is 7.93. The Bertz CT molecular complexity index is 1550. The molecule has 11 heteroatoms. The molecule has 1 fully saturated rings. The van der Waals surface area contributed by atoms with E-state index in [-0.39, 0.29) is 18.2 Å². The van der Waals surface area contributed by atoms with Crippen LogP contribution in [0.25, 0.3) is 0 Å². The zero-order valence-corrected chi connectivity index (χ0v) is 28.8. The lowest BCUT2D eigenvalue weighted by Gasteiger charge is -2.35. The number of urea groups is 1. The number of ether oxygens (including phenoxy) is 1. The zero-order chi connectivity index (χ0) is 34.8. The van der Waals surface area contributed by atoms with Crippen molar-refractivity contribution in [2.24, 2.45) is 11.8 Å². The third kappa shape index (κ3) is 9.47. The first-order valence-electron chi connectivity index (χ1n) is 16.1. The molecule has 0 spiro atoms. The number of carbonyl (C=O) groups excluding carboxylic acids is 5. The predicted molar refractivity (Wildman–Crippen MR) is 185 cm³/mol. The molecule has 3 aromatic rings. The van der Waals surface area contributed by atoms with Gasteiger partial charge in [-0.25, -0.2) is 9.59 Å². The normalized spacial score (nSPS) is 17.0. The number of esters is 1. The molecule has 3 aromatic carbocycles. The van der Waals surface area contributed by atoms with Gasteiger partial charge in [0.15, 0.2) is 0 Å². The van der Waals surface area contributed by atoms with Crippen LogP contribution in [0.15, 0.2) is 91.0 Å². The minimum Gasteiger partial charge on any atom is -0.457 e. The van der Waals surface area contributed by atoms with Gasteiger partial charge in [-0.1, -0.05) is 105 Å². The van der Waals surface area contributed by atoms with E-state index >= 15 is 0 Å². The Morgan fingerprint density at radius 3 is 1.98 bits per heavy atom. The van der Waals surface area contributed by atoms with Crippen LogP contribution in [0.3, 0.4) is 0 Å². The number of ketones is 1. The Morgan fingerprint density at radius 1 is 0.854 bits per heavy atom. The van der Waals surface area contributed by atoms with Crippen LogP contribution in [-0.4, -0.2) is 70.5 Å². The summed E-state index contributed by atoms with van der Waals surface area (Å²) >= 11 is 1.47. The highest BCUT2D eigenvalue weighted by Crippen LogP contribution is 2.41. The van der Waals surface area contributed by atoms with Crippen LogP contribution in [0.2, 0.25) is 0 Å². The van der Waals surface area contributed by atoms with Crippen molar-refractivity contribution in [1.82, 2.24) is 20.4 Å². The summed E-state index contributed by atoms with van der Waals surface area (Å²) in [6.45, 7) is 7.31. The van der Waals surface area contributed by atoms with Gasteiger partial charge in [-0.15, -0.1) is 11.8 Å². The lowest BCUT2D eigenvalue weighted by Crippen LogP contribution is -2.59. The highest BCUT2D eigenvalue weighted by Gasteiger charge is 2.44. The predicted octanol–water partition coefficient (Wildman–Crippen LogP) is 4.95. The Balaban J connectivity index is 1.60. The van der Waals surface area contributed by atoms with Gasteiger partial charge in [0.1, 0.15) is 23.5 Å². The molecular formula is C37H44N4O6S. The fourth-order valence-corrected chi connectivity index (χ4v) is 6.81. The van der Waals surface area contributed by atoms with Gasteiger partial charge in [0, 0.05) is 19.3 Å². The molecule has 1 aliphatic heterocycles. The Kier molecular flexibility index (Phi) is 12.8. The Morgan fingerprint density at radius 2 is 1.42 bits per heavy atom. The molecule has 10 nitrogen and oxygen atoms in total. The van der Waals surface area contributed by atoms with Gasteiger partial charge in [-0.05, 0) is 42.9 Å². The van der Waals surface area contributed by atoms with E-state index in [0.29, 0.717) is 17.9 Å². The van der Waals surface area contributed by atoms with E-state index in [1.807, 2.05) is 80.6 Å². The standard InChI is InChI=1S/C37H44N4O6S/c1-24(2)31(39-37(46)40(5)22-27-17-11-7-12-18-27)34(44)41-30(23-48-35(41)28-19-13-8-14-20-28)38-33(43)29(21-26-15-9-6-10-16-26)32(42)36(45)47-25(3)4/h6-20,24-25,29-31,35H,21-23H2,1-5H3,(H,38,43)(H,39,46)/t29-,30+,31-,35+/m0/s1. The van der Waals surface area contributed by atoms with E-state index in [9.17, 15) is 24.0 Å². The summed E-state index contributed by atoms with van der Waals surface area (Å²) in [6, 6.07) is 26.6. The topological polar surface area (TPSA) is 125 Å². The number of carbonyl (C=O) groups is 5. The summed E-state index contributed by atoms with van der Waals surface area (Å²) in [5, 5.41) is 5.37. The van der Waals surface area contributed by atoms with Crippen LogP contribution in [0.5, 0.6) is 0 Å². The smallest absolute Gasteiger partial charge is 0.375 e. The minimum atomic E-state index is -1.37. The van der Waals surface area contributed by atoms with E-state index in [4.69, 9.17) is 4.74 Å². The maximum Gasteiger partial charge on any atom is 0.375 e. The Hall–Kier alpha value is -4.64. The van der Waals surface area contributed by atoms with Gasteiger partial charge in [-0.2, -0.15) is 0 Å². The van der Waals surface area contributed by atoms with Crippen LogP contribution in [-0.2, 0) is 36.9 Å². The molecule has 48 heavy (non-hydrogen) atoms. The number of Topliss-reactive ketones (excluding diaryl/α,β-unsaturated/α-hetero) is 1. The van der Waals surface area contributed by atoms with E-state index in [1.54, 1.807) is 50.1 Å². The van der Waals surface area contributed by atoms with Gasteiger partial charge in [0.25, 0.3) is 5.78 Å². The first-order chi connectivity index (χ1) is 23.0. The van der Waals surface area contributed by atoms with E-state index in [0.717, 1.165) is 11.1 Å². The summed E-state index contributed by atoms with van der Waals surface area (Å²) in [5.74, 6) is -4.44. The molecule has 1 saturated heterocycles. The van der Waals surface area contributed by atoms with E-state index < -0.39 is 53.3 Å². The molecule has 0 bridgehead atoms. The van der Waals surface area contributed by atoms with Crippen molar-refractivity contribution in [2.75, 3.05) is 12.8 Å². The number of thioether (sulfide) groups is 1. The minimum absolute atomic E-state index is 0.0208. The second kappa shape index (κ2) is 17.0. The quantitative estimate of drug-likeness (QED) is 0.150. The first-order valence-corrected chi connectivity index (χ1v) is 17.1. The lowest BCUT2D eigenvalue weighted by atomic mass is 9.94. The molecule has 4 rings (SSSR count). The fraction of sp³-hybridized carbons (Fsp3) is 0.378. The molecule has 0 radical (unpaired) electrons. The van der Waals surface area contributed by atoms with Crippen molar-refractivity contribution in [3.63, 3.8) is 0 Å². The average molecular weight is 673 g/mol. The number of hydrogen-bond acceptors (Lipinski definition) is 7. The highest BCUT2D eigenvalue weighted by atomic mass is 32.2. The third-order valence-corrected chi connectivity index (χ3v) is 9.25. The molecular weight excluding hydrogens is 628 g/mol. The Labute approximate surface area is 286 Å². The monoisotopic (exact) mass is 672 g/mol. The van der Waals surface area contributed by atoms with Crippen LogP contribution >= 0.6 is 11.8 Å². The number of amides is 4. The molecule has 4 atom stereocenters. The summed E-state index contributed by atoms with van der Waals surface area (Å²) in [7, 11) is 1.67. The van der Waals surface area contributed by atoms with Crippen LogP contribution in [0, 0.1) is 11.8 Å². The van der Waals surface area contributed by atoms with E-state index in [1.165, 1.54) is 16.7 Å². The van der Waals surface area contributed by atoms with Gasteiger partial charge in [0.05, 0.1) is 6.10 Å². The van der Waals surface area contributed by atoms with Crippen molar-refractivity contribution < 1.29 is 28.7 Å². The molecule has 0 aliphatic carbocycles. The van der Waals surface area contributed by atoms with Crippen molar-refractivity contribution in [3.05, 3.63) is 108 Å². The number of benzene rings is 3. The summed E-state index contributed by atoms with van der Waals surface area (Å²) < 4.78 is 5.16. The van der Waals surface area contributed by atoms with Gasteiger partial charge in [-0.3, -0.25) is 14.4 Å². The second-order valence-corrected chi connectivity index (χ2v) is 13.6. The van der Waals surface area contributed by atoms with Crippen molar-refractivity contribution in [1.29, 1.82) is 0 Å². The molecule has 0 unspecified atom stereocenters. The van der Waals surface area contributed by atoms with E-state index in [2.05, 4.69) is 10.6 Å². The molecule has 1 aliphatic rings. The molecule has 4 amide bonds. The van der Waals surface area contributed by atoms with Gasteiger partial charge < -0.3 is 25.2 Å². The highest BCUT2D eigenvalue weighted by molar-refractivity contribution is 7.99. The van der Waals surface area contributed by atoms with Gasteiger partial charge in [0.2, 0.25) is 11.8 Å². The lowest BCUT2D eigenvalue weighted by molar-refractivity contribution is -0.160. The average Bonchev–Trinajstić information content (AvgIpc) is 3.49. The number of rotatable bonds is 13. The molecule has 1 heterocycles. The van der Waals surface area contributed by atoms with Crippen LogP contribution in [0.1, 0.15) is 49.8 Å². The maximum absolute atomic E-state index is 14.5. The number of hydrogen-bond donors (Lipinski definition) is 2. The second-order valence-electron chi connectivity index (χ2n) is 12.4. The zero-order valence-electron chi connectivity index (χ0n) is 28.0. The number of nitrogens with one attached hydrogen (secondary N) is 2. The van der Waals surface area contributed by atoms with Gasteiger partial charge >= 0.3 is 12.0 Å². The van der Waals surface area contributed by atoms with Crippen LogP contribution in [0.4, 0.5) is 4.79 Å². The first kappa shape index (κ1) is 36.2. The molecule has 2 N–H and O–H groups in total. The van der Waals surface area contributed by atoms with Crippen molar-refractivity contribution in [3.8, 4) is 0 Å². The molecule has 254 valence electrons. The van der Waals surface area contributed by atoms with Crippen LogP contribution < -0.4 is 10.6 Å². The van der Waals surface area contributed by atoms with Crippen molar-refractivity contribution >= 4 is 41.4 Å². The summed E-state index contributed by atoms with van der Waals surface area (Å²) in [6.07, 6.45) is -1.39. The molecule has 0 saturated carbocycles. The number of nitrogens with zero attached hydrogens (tertiary/aromatic N) is 2. The van der Waals surface area contributed by atoms with Crippen molar-refractivity contribution in [2.45, 2.75) is 64.3 Å². The summed E-state index contributed by atoms with van der Waals surface area (Å²) in [4.78, 5) is 70.9. The fourth-order valence-electron chi connectivity index (χ4n) is 5.44. The maximum atomic E-state index is 14.5. The molecule has 0 aromatic heterocycles. The summed E-state index contributed by atoms with van der Waals surface area (Å²) in [5.41, 5.74) is 2.49. The SMILES string of the molecule is CC(C)OC(=O)C(=O)[C@H](Cc1ccccc1)C(=O)N[C@H]1CS[C@H](c2ccccc2)N1C(=O)[C@@H](NC(=O)N(C)Cc1ccccc1)C(C)C.